The molecular formula is C33H46O15. The zero-order chi connectivity index (χ0) is 35.6. The van der Waals surface area contributed by atoms with E-state index < -0.39 is 94.7 Å². The molecule has 12 unspecified atom stereocenters. The first-order chi connectivity index (χ1) is 22.3. The Bertz CT molecular complexity index is 1340. The first-order valence-corrected chi connectivity index (χ1v) is 16.6. The van der Waals surface area contributed by atoms with Gasteiger partial charge in [0.2, 0.25) is 0 Å². The largest absolute Gasteiger partial charge is 0.481 e. The second kappa shape index (κ2) is 12.6. The maximum Gasteiger partial charge on any atom is 0.336 e. The van der Waals surface area contributed by atoms with Crippen LogP contribution in [-0.2, 0) is 47.7 Å². The SMILES string of the molecule is COC1(OC(CC(=O)O)C(=O)O)CCC2(C)C(C1)CC1(OC(C(=O)O)C(C(=O)O)O1)C1C2CC(=O)C2(C)C(C(C)CCC(=O)O)CCC12. The monoisotopic (exact) mass is 682 g/mol. The number of ether oxygens (including phenoxy) is 4. The van der Waals surface area contributed by atoms with Gasteiger partial charge in [0.25, 0.3) is 0 Å². The molecule has 15 heteroatoms. The molecule has 0 bridgehead atoms. The van der Waals surface area contributed by atoms with Gasteiger partial charge in [-0.25, -0.2) is 14.4 Å². The summed E-state index contributed by atoms with van der Waals surface area (Å²) < 4.78 is 24.2. The fourth-order valence-electron chi connectivity index (χ4n) is 10.5. The zero-order valence-electron chi connectivity index (χ0n) is 27.6. The fourth-order valence-corrected chi connectivity index (χ4v) is 10.5. The Morgan fingerprint density at radius 1 is 0.896 bits per heavy atom. The maximum atomic E-state index is 14.4. The number of hydrogen-bond acceptors (Lipinski definition) is 10. The lowest BCUT2D eigenvalue weighted by molar-refractivity contribution is -0.331. The summed E-state index contributed by atoms with van der Waals surface area (Å²) >= 11 is 0. The molecule has 12 atom stereocenters. The van der Waals surface area contributed by atoms with Crippen LogP contribution in [0.25, 0.3) is 0 Å². The van der Waals surface area contributed by atoms with Crippen LogP contribution in [0.3, 0.4) is 0 Å². The average Bonchev–Trinajstić information content (AvgIpc) is 3.56. The Labute approximate surface area is 277 Å². The van der Waals surface area contributed by atoms with Crippen LogP contribution in [0.2, 0.25) is 0 Å². The van der Waals surface area contributed by atoms with Crippen LogP contribution in [0.1, 0.15) is 85.0 Å². The predicted molar refractivity (Wildman–Crippen MR) is 159 cm³/mol. The highest BCUT2D eigenvalue weighted by molar-refractivity contribution is 5.87. The molecule has 0 aromatic rings. The second-order valence-corrected chi connectivity index (χ2v) is 15.1. The Morgan fingerprint density at radius 2 is 1.52 bits per heavy atom. The van der Waals surface area contributed by atoms with Gasteiger partial charge in [0.1, 0.15) is 5.78 Å². The van der Waals surface area contributed by atoms with Crippen molar-refractivity contribution >= 4 is 35.6 Å². The third-order valence-corrected chi connectivity index (χ3v) is 12.9. The number of carboxylic acid groups (broad SMARTS) is 5. The number of rotatable bonds is 12. The molecule has 1 saturated heterocycles. The molecule has 0 amide bonds. The molecule has 0 aromatic carbocycles. The lowest BCUT2D eigenvalue weighted by atomic mass is 9.42. The summed E-state index contributed by atoms with van der Waals surface area (Å²) in [6.45, 7) is 5.85. The van der Waals surface area contributed by atoms with Crippen molar-refractivity contribution in [2.45, 2.75) is 115 Å². The van der Waals surface area contributed by atoms with Gasteiger partial charge in [0.15, 0.2) is 29.9 Å². The number of Topliss-reactive ketones (excluding diaryl/α,β-unsaturated/α-hetero) is 1. The molecule has 1 heterocycles. The van der Waals surface area contributed by atoms with Gasteiger partial charge in [-0.2, -0.15) is 0 Å². The van der Waals surface area contributed by atoms with Gasteiger partial charge in [0, 0.05) is 50.5 Å². The van der Waals surface area contributed by atoms with Gasteiger partial charge in [-0.15, -0.1) is 0 Å². The Kier molecular flexibility index (Phi) is 9.51. The molecule has 1 aliphatic heterocycles. The molecule has 268 valence electrons. The number of ketones is 1. The Balaban J connectivity index is 1.57. The lowest BCUT2D eigenvalue weighted by Crippen LogP contribution is -2.67. The van der Waals surface area contributed by atoms with Crippen molar-refractivity contribution in [3.05, 3.63) is 0 Å². The molecule has 4 saturated carbocycles. The first kappa shape index (κ1) is 36.1. The normalized spacial score (nSPS) is 43.1. The van der Waals surface area contributed by atoms with Crippen molar-refractivity contribution in [3.63, 3.8) is 0 Å². The highest BCUT2D eigenvalue weighted by Crippen LogP contribution is 2.71. The molecule has 5 fully saturated rings. The van der Waals surface area contributed by atoms with Gasteiger partial charge in [-0.1, -0.05) is 20.8 Å². The molecule has 0 radical (unpaired) electrons. The highest BCUT2D eigenvalue weighted by Gasteiger charge is 2.74. The number of aliphatic carboxylic acids is 5. The Morgan fingerprint density at radius 3 is 2.04 bits per heavy atom. The quantitative estimate of drug-likeness (QED) is 0.186. The van der Waals surface area contributed by atoms with Crippen molar-refractivity contribution < 1.29 is 73.2 Å². The van der Waals surface area contributed by atoms with E-state index in [-0.39, 0.29) is 55.6 Å². The van der Waals surface area contributed by atoms with Crippen molar-refractivity contribution in [1.29, 1.82) is 0 Å². The van der Waals surface area contributed by atoms with Crippen LogP contribution in [-0.4, -0.2) is 98.2 Å². The molecule has 5 aliphatic rings. The fraction of sp³-hybridized carbons (Fsp3) is 0.818. The van der Waals surface area contributed by atoms with E-state index in [1.807, 2.05) is 20.8 Å². The van der Waals surface area contributed by atoms with Gasteiger partial charge >= 0.3 is 29.8 Å². The number of carbonyl (C=O) groups excluding carboxylic acids is 1. The summed E-state index contributed by atoms with van der Waals surface area (Å²) in [4.78, 5) is 73.9. The minimum atomic E-state index is -1.83. The molecule has 4 aliphatic carbocycles. The smallest absolute Gasteiger partial charge is 0.336 e. The minimum Gasteiger partial charge on any atom is -0.481 e. The molecule has 48 heavy (non-hydrogen) atoms. The molecule has 0 aromatic heterocycles. The number of carboxylic acids is 5. The zero-order valence-corrected chi connectivity index (χ0v) is 27.6. The molecule has 5 rings (SSSR count). The van der Waals surface area contributed by atoms with Crippen LogP contribution >= 0.6 is 0 Å². The Hall–Kier alpha value is -3.14. The molecule has 1 spiro atoms. The van der Waals surface area contributed by atoms with Gasteiger partial charge < -0.3 is 44.5 Å². The summed E-state index contributed by atoms with van der Waals surface area (Å²) in [6.07, 6.45) is -4.03. The first-order valence-electron chi connectivity index (χ1n) is 16.6. The predicted octanol–water partition coefficient (Wildman–Crippen LogP) is 2.87. The number of carbonyl (C=O) groups is 6. The third kappa shape index (κ3) is 5.79. The third-order valence-electron chi connectivity index (χ3n) is 12.9. The summed E-state index contributed by atoms with van der Waals surface area (Å²) in [5.41, 5.74) is -1.54. The summed E-state index contributed by atoms with van der Waals surface area (Å²) in [5, 5.41) is 48.5. The van der Waals surface area contributed by atoms with Crippen LogP contribution in [0.4, 0.5) is 0 Å². The van der Waals surface area contributed by atoms with Crippen LogP contribution < -0.4 is 0 Å². The van der Waals surface area contributed by atoms with Gasteiger partial charge in [-0.3, -0.25) is 14.4 Å². The maximum absolute atomic E-state index is 14.4. The number of fused-ring (bicyclic) bond motifs is 6. The van der Waals surface area contributed by atoms with Crippen molar-refractivity contribution in [2.24, 2.45) is 46.3 Å². The average molecular weight is 683 g/mol. The number of methoxy groups -OCH3 is 1. The minimum absolute atomic E-state index is 0.00334. The van der Waals surface area contributed by atoms with Crippen molar-refractivity contribution in [2.75, 3.05) is 7.11 Å². The van der Waals surface area contributed by atoms with Crippen molar-refractivity contribution in [3.8, 4) is 0 Å². The van der Waals surface area contributed by atoms with Gasteiger partial charge in [0.05, 0.1) is 6.42 Å². The van der Waals surface area contributed by atoms with E-state index in [1.165, 1.54) is 7.11 Å². The summed E-state index contributed by atoms with van der Waals surface area (Å²) in [5.74, 6) is -12.3. The van der Waals surface area contributed by atoms with Crippen LogP contribution in [0, 0.1) is 46.3 Å². The summed E-state index contributed by atoms with van der Waals surface area (Å²) in [7, 11) is 1.33. The van der Waals surface area contributed by atoms with E-state index in [2.05, 4.69) is 0 Å². The van der Waals surface area contributed by atoms with E-state index in [4.69, 9.17) is 18.9 Å². The number of hydrogen-bond donors (Lipinski definition) is 5. The van der Waals surface area contributed by atoms with Crippen molar-refractivity contribution in [1.82, 2.24) is 0 Å². The van der Waals surface area contributed by atoms with Crippen LogP contribution in [0.5, 0.6) is 0 Å². The second-order valence-electron chi connectivity index (χ2n) is 15.1. The molecule has 5 N–H and O–H groups in total. The van der Waals surface area contributed by atoms with E-state index in [1.54, 1.807) is 0 Å². The van der Waals surface area contributed by atoms with E-state index in [0.717, 1.165) is 0 Å². The lowest BCUT2D eigenvalue weighted by Gasteiger charge is -2.65. The van der Waals surface area contributed by atoms with E-state index >= 15 is 0 Å². The van der Waals surface area contributed by atoms with Crippen LogP contribution in [0.15, 0.2) is 0 Å². The van der Waals surface area contributed by atoms with E-state index in [0.29, 0.717) is 25.7 Å². The highest BCUT2D eigenvalue weighted by atomic mass is 16.8. The van der Waals surface area contributed by atoms with E-state index in [9.17, 15) is 54.3 Å². The molecular weight excluding hydrogens is 636 g/mol. The topological polar surface area (TPSA) is 240 Å². The standard InChI is InChI=1S/C33H46O15/c1-15(5-8-22(35)36)17-6-7-18-24-19(11-21(34)31(17,18)3)30(2)9-10-32(45-4,46-20(27(39)40)12-23(37)38)13-16(30)14-33(24)47-25(28(41)42)26(48-33)29(43)44/h15-20,24-26H,5-14H2,1-4H3,(H,35,36)(H,37,38)(H,39,40)(H,41,42)(H,43,44). The molecule has 15 nitrogen and oxygen atoms in total. The summed E-state index contributed by atoms with van der Waals surface area (Å²) in [6, 6.07) is 0. The van der Waals surface area contributed by atoms with Gasteiger partial charge in [-0.05, 0) is 60.7 Å².